The van der Waals surface area contributed by atoms with Crippen LogP contribution in [0.4, 0.5) is 0 Å². The van der Waals surface area contributed by atoms with Crippen molar-refractivity contribution in [3.63, 3.8) is 0 Å². The zero-order valence-electron chi connectivity index (χ0n) is 15.3. The van der Waals surface area contributed by atoms with Gasteiger partial charge in [0.15, 0.2) is 5.76 Å². The lowest BCUT2D eigenvalue weighted by molar-refractivity contribution is 0.0929. The molecular weight excluding hydrogens is 376 g/mol. The molecule has 3 heterocycles. The molecule has 1 aromatic carbocycles. The van der Waals surface area contributed by atoms with Gasteiger partial charge in [0.1, 0.15) is 5.58 Å². The minimum atomic E-state index is -0.426. The van der Waals surface area contributed by atoms with Gasteiger partial charge >= 0.3 is 5.91 Å². The van der Waals surface area contributed by atoms with Crippen molar-refractivity contribution >= 4 is 34.7 Å². The van der Waals surface area contributed by atoms with E-state index in [0.717, 1.165) is 28.0 Å². The Balaban J connectivity index is 1.52. The van der Waals surface area contributed by atoms with E-state index in [2.05, 4.69) is 20.1 Å². The van der Waals surface area contributed by atoms with Gasteiger partial charge in [-0.2, -0.15) is 5.10 Å². The van der Waals surface area contributed by atoms with Gasteiger partial charge in [-0.1, -0.05) is 11.6 Å². The molecule has 0 radical (unpaired) electrons. The van der Waals surface area contributed by atoms with Gasteiger partial charge in [0.25, 0.3) is 0 Å². The molecule has 140 valence electrons. The number of hydrogen-bond donors (Lipinski definition) is 1. The summed E-state index contributed by atoms with van der Waals surface area (Å²) in [5.41, 5.74) is 7.02. The van der Waals surface area contributed by atoms with E-state index < -0.39 is 5.91 Å². The summed E-state index contributed by atoms with van der Waals surface area (Å²) < 4.78 is 7.62. The summed E-state index contributed by atoms with van der Waals surface area (Å²) in [7, 11) is 0. The van der Waals surface area contributed by atoms with Gasteiger partial charge in [-0.25, -0.2) is 5.43 Å². The minimum absolute atomic E-state index is 0.176. The summed E-state index contributed by atoms with van der Waals surface area (Å²) in [4.78, 5) is 16.5. The van der Waals surface area contributed by atoms with Gasteiger partial charge in [-0.05, 0) is 56.3 Å². The highest BCUT2D eigenvalue weighted by Crippen LogP contribution is 2.23. The Morgan fingerprint density at radius 1 is 1.25 bits per heavy atom. The van der Waals surface area contributed by atoms with E-state index in [0.29, 0.717) is 10.6 Å². The lowest BCUT2D eigenvalue weighted by Gasteiger charge is -2.08. The smallest absolute Gasteiger partial charge is 0.307 e. The van der Waals surface area contributed by atoms with Crippen molar-refractivity contribution in [3.05, 3.63) is 82.6 Å². The van der Waals surface area contributed by atoms with Gasteiger partial charge in [0, 0.05) is 33.6 Å². The molecule has 7 heteroatoms. The van der Waals surface area contributed by atoms with Crippen molar-refractivity contribution in [2.24, 2.45) is 5.10 Å². The summed E-state index contributed by atoms with van der Waals surface area (Å²) in [5.74, 6) is -0.250. The van der Waals surface area contributed by atoms with Gasteiger partial charge in [-0.3, -0.25) is 9.78 Å². The number of halogens is 1. The van der Waals surface area contributed by atoms with Crippen LogP contribution in [0.25, 0.3) is 16.7 Å². The third kappa shape index (κ3) is 3.42. The maximum Gasteiger partial charge on any atom is 0.307 e. The second-order valence-corrected chi connectivity index (χ2v) is 6.80. The lowest BCUT2D eigenvalue weighted by Crippen LogP contribution is -2.16. The van der Waals surface area contributed by atoms with Crippen LogP contribution in [0.1, 0.15) is 27.5 Å². The summed E-state index contributed by atoms with van der Waals surface area (Å²) in [6, 6.07) is 12.7. The summed E-state index contributed by atoms with van der Waals surface area (Å²) >= 11 is 5.96. The van der Waals surface area contributed by atoms with E-state index >= 15 is 0 Å². The van der Waals surface area contributed by atoms with E-state index in [9.17, 15) is 4.79 Å². The topological polar surface area (TPSA) is 72.4 Å². The van der Waals surface area contributed by atoms with Crippen LogP contribution in [0.5, 0.6) is 0 Å². The third-order valence-corrected chi connectivity index (χ3v) is 4.68. The number of amides is 1. The fourth-order valence-electron chi connectivity index (χ4n) is 3.14. The van der Waals surface area contributed by atoms with Crippen LogP contribution in [-0.4, -0.2) is 21.7 Å². The molecule has 4 aromatic rings. The largest absolute Gasteiger partial charge is 0.451 e. The van der Waals surface area contributed by atoms with Crippen molar-refractivity contribution in [1.82, 2.24) is 15.0 Å². The number of nitrogens with one attached hydrogen (secondary N) is 1. The fraction of sp³-hybridized carbons (Fsp3) is 0.0952. The van der Waals surface area contributed by atoms with Gasteiger partial charge in [0.05, 0.1) is 18.1 Å². The molecular formula is C21H17ClN4O2. The maximum atomic E-state index is 12.3. The molecule has 0 spiro atoms. The number of carbonyl (C=O) groups excluding carboxylic acids is 1. The third-order valence-electron chi connectivity index (χ3n) is 4.45. The van der Waals surface area contributed by atoms with Crippen LogP contribution in [0, 0.1) is 13.8 Å². The highest BCUT2D eigenvalue weighted by Gasteiger charge is 2.13. The molecule has 1 N–H and O–H groups in total. The van der Waals surface area contributed by atoms with E-state index in [4.69, 9.17) is 16.0 Å². The number of hydrogen-bond acceptors (Lipinski definition) is 4. The van der Waals surface area contributed by atoms with Crippen molar-refractivity contribution in [3.8, 4) is 5.69 Å². The quantitative estimate of drug-likeness (QED) is 0.405. The number of pyridine rings is 1. The zero-order chi connectivity index (χ0) is 19.7. The minimum Gasteiger partial charge on any atom is -0.451 e. The second kappa shape index (κ2) is 7.32. The van der Waals surface area contributed by atoms with Gasteiger partial charge in [0.2, 0.25) is 0 Å². The summed E-state index contributed by atoms with van der Waals surface area (Å²) in [6.45, 7) is 4.00. The van der Waals surface area contributed by atoms with Crippen LogP contribution < -0.4 is 5.43 Å². The average molecular weight is 393 g/mol. The Morgan fingerprint density at radius 3 is 2.89 bits per heavy atom. The number of rotatable bonds is 4. The summed E-state index contributed by atoms with van der Waals surface area (Å²) in [6.07, 6.45) is 5.16. The Morgan fingerprint density at radius 2 is 2.11 bits per heavy atom. The highest BCUT2D eigenvalue weighted by molar-refractivity contribution is 6.31. The second-order valence-electron chi connectivity index (χ2n) is 6.37. The molecule has 0 aliphatic rings. The van der Waals surface area contributed by atoms with Gasteiger partial charge < -0.3 is 8.98 Å². The number of fused-ring (bicyclic) bond motifs is 1. The van der Waals surface area contributed by atoms with E-state index in [-0.39, 0.29) is 5.76 Å². The molecule has 0 unspecified atom stereocenters. The first-order chi connectivity index (χ1) is 13.5. The Kier molecular flexibility index (Phi) is 4.71. The normalized spacial score (nSPS) is 11.4. The monoisotopic (exact) mass is 392 g/mol. The first-order valence-corrected chi connectivity index (χ1v) is 9.02. The van der Waals surface area contributed by atoms with Crippen LogP contribution in [-0.2, 0) is 0 Å². The van der Waals surface area contributed by atoms with E-state index in [1.54, 1.807) is 42.9 Å². The number of aryl methyl sites for hydroxylation is 1. The maximum absolute atomic E-state index is 12.3. The van der Waals surface area contributed by atoms with Crippen molar-refractivity contribution in [1.29, 1.82) is 0 Å². The first kappa shape index (κ1) is 18.0. The number of hydrazone groups is 1. The summed E-state index contributed by atoms with van der Waals surface area (Å²) in [5, 5.41) is 5.43. The molecule has 0 bridgehead atoms. The van der Waals surface area contributed by atoms with Crippen LogP contribution >= 0.6 is 11.6 Å². The molecule has 0 atom stereocenters. The highest BCUT2D eigenvalue weighted by atomic mass is 35.5. The molecule has 6 nitrogen and oxygen atoms in total. The first-order valence-electron chi connectivity index (χ1n) is 8.65. The molecule has 0 aliphatic carbocycles. The molecule has 1 amide bonds. The number of nitrogens with zero attached hydrogens (tertiary/aromatic N) is 3. The standard InChI is InChI=1S/C21H17ClN4O2/c1-13-8-16(14(2)26(13)18-4-3-7-23-12-18)11-24-25-21(27)20-10-15-9-17(22)5-6-19(15)28-20/h3-12H,1-2H3,(H,25,27)/b24-11+. The van der Waals surface area contributed by atoms with Crippen molar-refractivity contribution < 1.29 is 9.21 Å². The number of aromatic nitrogens is 2. The Hall–Kier alpha value is -3.38. The Bertz CT molecular complexity index is 1190. The predicted octanol–water partition coefficient (Wildman–Crippen LogP) is 4.65. The SMILES string of the molecule is Cc1cc(/C=N/NC(=O)c2cc3cc(Cl)ccc3o2)c(C)n1-c1cccnc1. The zero-order valence-corrected chi connectivity index (χ0v) is 16.1. The van der Waals surface area contributed by atoms with E-state index in [1.807, 2.05) is 32.0 Å². The Labute approximate surface area is 166 Å². The van der Waals surface area contributed by atoms with Crippen LogP contribution in [0.3, 0.4) is 0 Å². The van der Waals surface area contributed by atoms with Crippen molar-refractivity contribution in [2.75, 3.05) is 0 Å². The number of carbonyl (C=O) groups is 1. The molecule has 0 fully saturated rings. The molecule has 3 aromatic heterocycles. The molecule has 0 saturated carbocycles. The van der Waals surface area contributed by atoms with Gasteiger partial charge in [-0.15, -0.1) is 0 Å². The van der Waals surface area contributed by atoms with Crippen LogP contribution in [0.2, 0.25) is 5.02 Å². The molecule has 4 rings (SSSR count). The van der Waals surface area contributed by atoms with Crippen molar-refractivity contribution in [2.45, 2.75) is 13.8 Å². The van der Waals surface area contributed by atoms with Crippen LogP contribution in [0.15, 0.2) is 64.4 Å². The predicted molar refractivity (Wildman–Crippen MR) is 109 cm³/mol. The molecule has 0 saturated heterocycles. The van der Waals surface area contributed by atoms with E-state index in [1.165, 1.54) is 0 Å². The lowest BCUT2D eigenvalue weighted by atomic mass is 10.2. The number of furan rings is 1. The average Bonchev–Trinajstić information content (AvgIpc) is 3.22. The fourth-order valence-corrected chi connectivity index (χ4v) is 3.32. The molecule has 0 aliphatic heterocycles. The molecule has 28 heavy (non-hydrogen) atoms. The number of benzene rings is 1.